The van der Waals surface area contributed by atoms with Gasteiger partial charge in [-0.1, -0.05) is 29.7 Å². The Balaban J connectivity index is 1.51. The molecule has 2 fully saturated rings. The predicted octanol–water partition coefficient (Wildman–Crippen LogP) is 1.43. The van der Waals surface area contributed by atoms with Crippen molar-refractivity contribution in [3.05, 3.63) is 47.0 Å². The van der Waals surface area contributed by atoms with E-state index in [1.54, 1.807) is 10.6 Å². The second kappa shape index (κ2) is 10.2. The van der Waals surface area contributed by atoms with Gasteiger partial charge in [-0.05, 0) is 30.0 Å². The van der Waals surface area contributed by atoms with Crippen LogP contribution in [0, 0.1) is 23.2 Å². The zero-order valence-electron chi connectivity index (χ0n) is 20.8. The lowest BCUT2D eigenvalue weighted by molar-refractivity contribution is -0.140. The molecule has 1 aromatic carbocycles. The zero-order chi connectivity index (χ0) is 27.0. The number of esters is 1. The molecule has 2 saturated carbocycles. The number of halogens is 1. The Morgan fingerprint density at radius 3 is 2.87 bits per heavy atom. The summed E-state index contributed by atoms with van der Waals surface area (Å²) in [6, 6.07) is 6.79. The van der Waals surface area contributed by atoms with Crippen LogP contribution in [0.2, 0.25) is 5.02 Å². The van der Waals surface area contributed by atoms with Crippen LogP contribution >= 0.6 is 11.6 Å². The lowest BCUT2D eigenvalue weighted by Gasteiger charge is -2.23. The molecule has 1 amide bonds. The monoisotopic (exact) mass is 538 g/mol. The molecule has 0 saturated heterocycles. The van der Waals surface area contributed by atoms with Crippen LogP contribution in [0.15, 0.2) is 30.6 Å². The molecular weight excluding hydrogens is 512 g/mol. The summed E-state index contributed by atoms with van der Waals surface area (Å²) in [4.78, 5) is 37.6. The Kier molecular flexibility index (Phi) is 6.96. The number of aliphatic hydroxyl groups excluding tert-OH is 2. The Labute approximate surface area is 223 Å². The molecule has 5 atom stereocenters. The van der Waals surface area contributed by atoms with Gasteiger partial charge in [0.05, 0.1) is 37.4 Å². The Hall–Kier alpha value is -3.72. The van der Waals surface area contributed by atoms with Crippen LogP contribution in [0.1, 0.15) is 36.7 Å². The van der Waals surface area contributed by atoms with Crippen LogP contribution in [0.5, 0.6) is 0 Å². The minimum absolute atomic E-state index is 0.138. The molecule has 0 bridgehead atoms. The molecule has 2 heterocycles. The van der Waals surface area contributed by atoms with Gasteiger partial charge in [-0.25, -0.2) is 15.0 Å². The van der Waals surface area contributed by atoms with Crippen molar-refractivity contribution in [1.82, 2.24) is 24.8 Å². The average Bonchev–Trinajstić information content (AvgIpc) is 3.45. The van der Waals surface area contributed by atoms with Crippen molar-refractivity contribution in [2.45, 2.75) is 44.1 Å². The van der Waals surface area contributed by atoms with Gasteiger partial charge in [0.15, 0.2) is 17.0 Å². The summed E-state index contributed by atoms with van der Waals surface area (Å²) in [7, 11) is 2.83. The van der Waals surface area contributed by atoms with Crippen molar-refractivity contribution in [2.75, 3.05) is 19.5 Å². The molecule has 0 unspecified atom stereocenters. The van der Waals surface area contributed by atoms with Crippen LogP contribution in [-0.4, -0.2) is 68.0 Å². The molecule has 4 N–H and O–H groups in total. The van der Waals surface area contributed by atoms with E-state index < -0.39 is 23.7 Å². The number of carbonyl (C=O) groups excluding carboxylic acids is 2. The number of aliphatic hydroxyl groups is 2. The quantitative estimate of drug-likeness (QED) is 0.258. The van der Waals surface area contributed by atoms with E-state index in [9.17, 15) is 19.8 Å². The molecular formula is C26H27ClN6O5. The highest BCUT2D eigenvalue weighted by atomic mass is 35.5. The third kappa shape index (κ3) is 4.45. The molecule has 2 aliphatic rings. The lowest BCUT2D eigenvalue weighted by Crippen LogP contribution is -2.41. The number of nitrogens with zero attached hydrogens (tertiary/aromatic N) is 4. The fourth-order valence-corrected chi connectivity index (χ4v) is 5.55. The van der Waals surface area contributed by atoms with E-state index in [2.05, 4.69) is 42.2 Å². The number of hydrogen-bond donors (Lipinski definition) is 4. The highest BCUT2D eigenvalue weighted by Gasteiger charge is 2.75. The third-order valence-electron chi connectivity index (χ3n) is 7.30. The number of ether oxygens (including phenoxy) is 1. The van der Waals surface area contributed by atoms with Crippen molar-refractivity contribution in [1.29, 1.82) is 0 Å². The van der Waals surface area contributed by atoms with Gasteiger partial charge in [-0.2, -0.15) is 0 Å². The number of benzene rings is 1. The number of nitrogens with one attached hydrogen (secondary N) is 2. The number of amides is 1. The van der Waals surface area contributed by atoms with Gasteiger partial charge in [0.25, 0.3) is 0 Å². The van der Waals surface area contributed by atoms with Gasteiger partial charge in [0.2, 0.25) is 11.7 Å². The van der Waals surface area contributed by atoms with Crippen LogP contribution in [0.3, 0.4) is 0 Å². The minimum atomic E-state index is -1.21. The van der Waals surface area contributed by atoms with Gasteiger partial charge in [0, 0.05) is 31.0 Å². The van der Waals surface area contributed by atoms with Crippen molar-refractivity contribution in [2.24, 2.45) is 11.3 Å². The van der Waals surface area contributed by atoms with Crippen molar-refractivity contribution in [3.63, 3.8) is 0 Å². The first-order chi connectivity index (χ1) is 18.3. The van der Waals surface area contributed by atoms with E-state index in [0.29, 0.717) is 35.0 Å². The van der Waals surface area contributed by atoms with E-state index in [1.165, 1.54) is 20.5 Å². The fourth-order valence-electron chi connectivity index (χ4n) is 5.34. The molecule has 3 aromatic rings. The van der Waals surface area contributed by atoms with Crippen LogP contribution < -0.4 is 10.6 Å². The van der Waals surface area contributed by atoms with Gasteiger partial charge in [-0.3, -0.25) is 9.59 Å². The third-order valence-corrected chi connectivity index (χ3v) is 7.53. The number of imidazole rings is 1. The Morgan fingerprint density at radius 1 is 1.32 bits per heavy atom. The topological polar surface area (TPSA) is 151 Å². The zero-order valence-corrected chi connectivity index (χ0v) is 21.6. The predicted molar refractivity (Wildman–Crippen MR) is 138 cm³/mol. The maximum Gasteiger partial charge on any atom is 0.306 e. The first kappa shape index (κ1) is 25.9. The van der Waals surface area contributed by atoms with Crippen molar-refractivity contribution >= 4 is 40.5 Å². The minimum Gasteiger partial charge on any atom is -0.469 e. The van der Waals surface area contributed by atoms with Gasteiger partial charge in [0.1, 0.15) is 6.10 Å². The molecule has 0 radical (unpaired) electrons. The number of anilines is 1. The van der Waals surface area contributed by atoms with E-state index in [0.717, 1.165) is 5.56 Å². The summed E-state index contributed by atoms with van der Waals surface area (Å²) < 4.78 is 6.34. The second-order valence-corrected chi connectivity index (χ2v) is 9.87. The van der Waals surface area contributed by atoms with E-state index in [-0.39, 0.29) is 36.5 Å². The molecule has 38 heavy (non-hydrogen) atoms. The van der Waals surface area contributed by atoms with E-state index in [4.69, 9.17) is 11.6 Å². The fraction of sp³-hybridized carbons (Fsp3) is 0.423. The number of carbonyl (C=O) groups is 2. The molecule has 2 aromatic heterocycles. The molecule has 12 heteroatoms. The number of hydrogen-bond acceptors (Lipinski definition) is 9. The van der Waals surface area contributed by atoms with E-state index >= 15 is 0 Å². The summed E-state index contributed by atoms with van der Waals surface area (Å²) >= 11 is 6.12. The average molecular weight is 539 g/mol. The second-order valence-electron chi connectivity index (χ2n) is 9.44. The van der Waals surface area contributed by atoms with Crippen LogP contribution in [-0.2, 0) is 20.9 Å². The summed E-state index contributed by atoms with van der Waals surface area (Å²) in [6.45, 7) is 0.405. The Morgan fingerprint density at radius 2 is 2.13 bits per heavy atom. The number of rotatable bonds is 7. The summed E-state index contributed by atoms with van der Waals surface area (Å²) in [5.41, 5.74) is 0.748. The van der Waals surface area contributed by atoms with Crippen LogP contribution in [0.4, 0.5) is 5.82 Å². The van der Waals surface area contributed by atoms with Crippen LogP contribution in [0.25, 0.3) is 11.2 Å². The normalized spacial score (nSPS) is 25.3. The maximum absolute atomic E-state index is 12.6. The van der Waals surface area contributed by atoms with Gasteiger partial charge in [-0.15, -0.1) is 0 Å². The molecule has 11 nitrogen and oxygen atoms in total. The Bertz CT molecular complexity index is 1470. The van der Waals surface area contributed by atoms with Crippen molar-refractivity contribution in [3.8, 4) is 11.8 Å². The highest BCUT2D eigenvalue weighted by molar-refractivity contribution is 6.30. The smallest absolute Gasteiger partial charge is 0.306 e. The van der Waals surface area contributed by atoms with Gasteiger partial charge >= 0.3 is 5.97 Å². The molecule has 0 spiro atoms. The summed E-state index contributed by atoms with van der Waals surface area (Å²) in [6.07, 6.45) is -0.00924. The highest BCUT2D eigenvalue weighted by Crippen LogP contribution is 2.67. The largest absolute Gasteiger partial charge is 0.469 e. The number of fused-ring (bicyclic) bond motifs is 2. The maximum atomic E-state index is 12.6. The summed E-state index contributed by atoms with van der Waals surface area (Å²) in [5, 5.41) is 28.2. The molecule has 2 aliphatic carbocycles. The standard InChI is InChI=1S/C26H27ClN6O5/c1-28-25(37)26-11-16(26)20(21(35)22(26)36)33-13-30-19-23(29-12-14-6-5-7-15(27)10-14)31-17(32-24(19)33)8-3-4-9-18(34)38-2/h5-7,10,13,16,20-22,35-36H,4,9,11-12H2,1-2H3,(H,28,37)(H,29,31,32)/t16-,20-,21+,22+,26+/m1/s1. The molecule has 0 aliphatic heterocycles. The first-order valence-electron chi connectivity index (χ1n) is 12.2. The molecule has 198 valence electrons. The molecule has 5 rings (SSSR count). The first-order valence-corrected chi connectivity index (χ1v) is 12.5. The number of aromatic nitrogens is 4. The van der Waals surface area contributed by atoms with Crippen molar-refractivity contribution < 1.29 is 24.5 Å². The number of methoxy groups -OCH3 is 1. The summed E-state index contributed by atoms with van der Waals surface area (Å²) in [5.74, 6) is 5.46. The SMILES string of the molecule is CNC(=O)[C@@]12C[C@@H]1[C@@H](n1cnc3c(NCc4cccc(Cl)c4)nc(C#CCCC(=O)OC)nc31)[C@H](O)[C@@H]2O. The van der Waals surface area contributed by atoms with E-state index in [1.807, 2.05) is 18.2 Å². The lowest BCUT2D eigenvalue weighted by atomic mass is 9.98. The van der Waals surface area contributed by atoms with Gasteiger partial charge < -0.3 is 30.2 Å².